The number of hydrogen-bond acceptors (Lipinski definition) is 5. The van der Waals surface area contributed by atoms with E-state index in [0.717, 1.165) is 12.3 Å². The van der Waals surface area contributed by atoms with Crippen LogP contribution in [-0.2, 0) is 6.18 Å². The second-order valence-electron chi connectivity index (χ2n) is 4.81. The maximum absolute atomic E-state index is 12.7. The molecule has 0 atom stereocenters. The molecule has 1 aromatic heterocycles. The predicted octanol–water partition coefficient (Wildman–Crippen LogP) is 3.49. The standard InChI is InChI=1S/C16H14F3NO5/c1-23-12-9(8-4-5-11(20-7-8)16(17,18)19)6-10(15(21)22)13(24-2)14(12)25-3/h4-7H,1-3H3,(H,21,22). The van der Waals surface area contributed by atoms with Gasteiger partial charge in [-0.15, -0.1) is 0 Å². The molecule has 0 aliphatic heterocycles. The van der Waals surface area contributed by atoms with Crippen molar-refractivity contribution in [3.63, 3.8) is 0 Å². The molecule has 0 aliphatic rings. The lowest BCUT2D eigenvalue weighted by atomic mass is 10.0. The molecule has 0 aliphatic carbocycles. The van der Waals surface area contributed by atoms with Gasteiger partial charge in [-0.25, -0.2) is 4.79 Å². The maximum atomic E-state index is 12.7. The minimum absolute atomic E-state index is 0.0137. The van der Waals surface area contributed by atoms with Gasteiger partial charge in [0.15, 0.2) is 11.5 Å². The van der Waals surface area contributed by atoms with Crippen LogP contribution in [0.2, 0.25) is 0 Å². The number of alkyl halides is 3. The van der Waals surface area contributed by atoms with Crippen LogP contribution in [0, 0.1) is 0 Å². The second kappa shape index (κ2) is 6.88. The highest BCUT2D eigenvalue weighted by Gasteiger charge is 2.32. The molecule has 2 aromatic rings. The van der Waals surface area contributed by atoms with Crippen LogP contribution in [0.5, 0.6) is 17.2 Å². The highest BCUT2D eigenvalue weighted by atomic mass is 19.4. The summed E-state index contributed by atoms with van der Waals surface area (Å²) in [5, 5.41) is 9.36. The third-order valence-corrected chi connectivity index (χ3v) is 3.40. The third kappa shape index (κ3) is 3.44. The lowest BCUT2D eigenvalue weighted by molar-refractivity contribution is -0.141. The number of methoxy groups -OCH3 is 3. The summed E-state index contributed by atoms with van der Waals surface area (Å²) in [5.41, 5.74) is -0.851. The average molecular weight is 357 g/mol. The van der Waals surface area contributed by atoms with Crippen molar-refractivity contribution in [3.8, 4) is 28.4 Å². The Bertz CT molecular complexity index is 788. The number of aromatic carboxylic acids is 1. The highest BCUT2D eigenvalue weighted by Crippen LogP contribution is 2.46. The number of nitrogens with zero attached hydrogens (tertiary/aromatic N) is 1. The first-order chi connectivity index (χ1) is 11.7. The van der Waals surface area contributed by atoms with Crippen molar-refractivity contribution in [3.05, 3.63) is 35.7 Å². The topological polar surface area (TPSA) is 77.9 Å². The molecule has 0 fully saturated rings. The van der Waals surface area contributed by atoms with Gasteiger partial charge < -0.3 is 19.3 Å². The molecule has 0 amide bonds. The molecule has 1 heterocycles. The van der Waals surface area contributed by atoms with Crippen molar-refractivity contribution >= 4 is 5.97 Å². The summed E-state index contributed by atoms with van der Waals surface area (Å²) in [7, 11) is 3.88. The summed E-state index contributed by atoms with van der Waals surface area (Å²) < 4.78 is 53.5. The summed E-state index contributed by atoms with van der Waals surface area (Å²) >= 11 is 0. The molecule has 1 aromatic carbocycles. The molecule has 0 saturated heterocycles. The van der Waals surface area contributed by atoms with Gasteiger partial charge in [0.1, 0.15) is 11.3 Å². The summed E-state index contributed by atoms with van der Waals surface area (Å²) in [6, 6.07) is 3.20. The van der Waals surface area contributed by atoms with Crippen LogP contribution in [0.4, 0.5) is 13.2 Å². The number of halogens is 3. The Balaban J connectivity index is 2.72. The predicted molar refractivity (Wildman–Crippen MR) is 81.3 cm³/mol. The summed E-state index contributed by atoms with van der Waals surface area (Å²) in [6.45, 7) is 0. The zero-order valence-electron chi connectivity index (χ0n) is 13.5. The van der Waals surface area contributed by atoms with Crippen LogP contribution in [0.25, 0.3) is 11.1 Å². The number of ether oxygens (including phenoxy) is 3. The number of carboxylic acid groups (broad SMARTS) is 1. The van der Waals surface area contributed by atoms with Crippen LogP contribution in [-0.4, -0.2) is 37.4 Å². The van der Waals surface area contributed by atoms with E-state index in [2.05, 4.69) is 4.98 Å². The molecule has 25 heavy (non-hydrogen) atoms. The molecule has 0 bridgehead atoms. The molecule has 6 nitrogen and oxygen atoms in total. The molecule has 9 heteroatoms. The average Bonchev–Trinajstić information content (AvgIpc) is 2.58. The smallest absolute Gasteiger partial charge is 0.433 e. The molecule has 0 saturated carbocycles. The number of benzene rings is 1. The Morgan fingerprint density at radius 1 is 1.04 bits per heavy atom. The number of carbonyl (C=O) groups is 1. The van der Waals surface area contributed by atoms with Gasteiger partial charge in [0.05, 0.1) is 21.3 Å². The molecule has 1 N–H and O–H groups in total. The monoisotopic (exact) mass is 357 g/mol. The lowest BCUT2D eigenvalue weighted by Gasteiger charge is -2.18. The van der Waals surface area contributed by atoms with Crippen molar-refractivity contribution in [1.82, 2.24) is 4.98 Å². The van der Waals surface area contributed by atoms with Gasteiger partial charge in [0.2, 0.25) is 5.75 Å². The normalized spacial score (nSPS) is 11.1. The van der Waals surface area contributed by atoms with Crippen LogP contribution in [0.1, 0.15) is 16.1 Å². The fourth-order valence-corrected chi connectivity index (χ4v) is 2.31. The number of carboxylic acids is 1. The van der Waals surface area contributed by atoms with E-state index in [9.17, 15) is 23.1 Å². The molecule has 2 rings (SSSR count). The first-order valence-electron chi connectivity index (χ1n) is 6.84. The zero-order chi connectivity index (χ0) is 18.8. The van der Waals surface area contributed by atoms with Crippen LogP contribution >= 0.6 is 0 Å². The zero-order valence-corrected chi connectivity index (χ0v) is 13.5. The first kappa shape index (κ1) is 18.4. The van der Waals surface area contributed by atoms with Crippen LogP contribution < -0.4 is 14.2 Å². The van der Waals surface area contributed by atoms with Gasteiger partial charge in [-0.05, 0) is 12.1 Å². The maximum Gasteiger partial charge on any atom is 0.433 e. The summed E-state index contributed by atoms with van der Waals surface area (Å²) in [5.74, 6) is -1.22. The first-order valence-corrected chi connectivity index (χ1v) is 6.84. The largest absolute Gasteiger partial charge is 0.492 e. The van der Waals surface area contributed by atoms with Gasteiger partial charge in [0.25, 0.3) is 0 Å². The highest BCUT2D eigenvalue weighted by molar-refractivity contribution is 5.96. The van der Waals surface area contributed by atoms with Gasteiger partial charge in [0, 0.05) is 17.3 Å². The summed E-state index contributed by atoms with van der Waals surface area (Å²) in [4.78, 5) is 14.9. The van der Waals surface area contributed by atoms with Gasteiger partial charge >= 0.3 is 12.1 Å². The van der Waals surface area contributed by atoms with E-state index in [1.807, 2.05) is 0 Å². The van der Waals surface area contributed by atoms with Gasteiger partial charge in [-0.3, -0.25) is 4.98 Å². The fourth-order valence-electron chi connectivity index (χ4n) is 2.31. The van der Waals surface area contributed by atoms with E-state index >= 15 is 0 Å². The Morgan fingerprint density at radius 3 is 2.04 bits per heavy atom. The van der Waals surface area contributed by atoms with Crippen molar-refractivity contribution in [1.29, 1.82) is 0 Å². The van der Waals surface area contributed by atoms with Gasteiger partial charge in [-0.1, -0.05) is 6.07 Å². The van der Waals surface area contributed by atoms with Crippen molar-refractivity contribution in [2.24, 2.45) is 0 Å². The van der Waals surface area contributed by atoms with E-state index < -0.39 is 17.8 Å². The van der Waals surface area contributed by atoms with Crippen molar-refractivity contribution < 1.29 is 37.3 Å². The Labute approximate surface area is 140 Å². The van der Waals surface area contributed by atoms with E-state index in [1.54, 1.807) is 0 Å². The second-order valence-corrected chi connectivity index (χ2v) is 4.81. The molecule has 0 radical (unpaired) electrons. The number of rotatable bonds is 5. The summed E-state index contributed by atoms with van der Waals surface area (Å²) in [6.07, 6.45) is -3.59. The Morgan fingerprint density at radius 2 is 1.64 bits per heavy atom. The van der Waals surface area contributed by atoms with Crippen LogP contribution in [0.15, 0.2) is 24.4 Å². The molecular formula is C16H14F3NO5. The quantitative estimate of drug-likeness (QED) is 0.883. The fraction of sp³-hybridized carbons (Fsp3) is 0.250. The van der Waals surface area contributed by atoms with Crippen LogP contribution in [0.3, 0.4) is 0 Å². The van der Waals surface area contributed by atoms with Gasteiger partial charge in [-0.2, -0.15) is 13.2 Å². The number of aromatic nitrogens is 1. The SMILES string of the molecule is COc1c(C(=O)O)cc(-c2ccc(C(F)(F)F)nc2)c(OC)c1OC. The number of pyridine rings is 1. The van der Waals surface area contributed by atoms with E-state index in [-0.39, 0.29) is 33.9 Å². The minimum Gasteiger partial charge on any atom is -0.492 e. The van der Waals surface area contributed by atoms with E-state index in [1.165, 1.54) is 33.5 Å². The van der Waals surface area contributed by atoms with E-state index in [4.69, 9.17) is 14.2 Å². The molecular weight excluding hydrogens is 343 g/mol. The number of hydrogen-bond donors (Lipinski definition) is 1. The molecule has 134 valence electrons. The minimum atomic E-state index is -4.58. The third-order valence-electron chi connectivity index (χ3n) is 3.40. The molecule has 0 unspecified atom stereocenters. The lowest BCUT2D eigenvalue weighted by Crippen LogP contribution is -2.08. The van der Waals surface area contributed by atoms with Crippen molar-refractivity contribution in [2.75, 3.05) is 21.3 Å². The Hall–Kier alpha value is -2.97. The van der Waals surface area contributed by atoms with E-state index in [0.29, 0.717) is 0 Å². The molecule has 0 spiro atoms. The Kier molecular flexibility index (Phi) is 5.05. The van der Waals surface area contributed by atoms with Crippen molar-refractivity contribution in [2.45, 2.75) is 6.18 Å².